The molecule has 0 amide bonds. The second-order valence-electron chi connectivity index (χ2n) is 8.65. The third-order valence-electron chi connectivity index (χ3n) is 6.50. The van der Waals surface area contributed by atoms with Gasteiger partial charge in [0.2, 0.25) is 11.6 Å². The van der Waals surface area contributed by atoms with Gasteiger partial charge in [0.1, 0.15) is 30.5 Å². The fourth-order valence-corrected chi connectivity index (χ4v) is 4.13. The Balaban J connectivity index is 1.94. The number of unbranched alkanes of at least 4 members (excludes halogenated alkanes) is 1. The lowest BCUT2D eigenvalue weighted by Crippen LogP contribution is -2.71. The number of aliphatic hydroxyl groups excluding tert-OH is 2. The predicted octanol–water partition coefficient (Wildman–Crippen LogP) is 2.15. The van der Waals surface area contributed by atoms with Gasteiger partial charge in [0.05, 0.1) is 13.2 Å². The van der Waals surface area contributed by atoms with Crippen molar-refractivity contribution in [1.82, 2.24) is 0 Å². The molecule has 3 rings (SSSR count). The summed E-state index contributed by atoms with van der Waals surface area (Å²) in [5.74, 6) is -2.67. The first-order valence-corrected chi connectivity index (χ1v) is 11.5. The molecule has 0 saturated carbocycles. The van der Waals surface area contributed by atoms with E-state index >= 15 is 0 Å². The fraction of sp³-hybridized carbons (Fsp3) is 0.750. The van der Waals surface area contributed by atoms with Crippen LogP contribution in [0.5, 0.6) is 0 Å². The monoisotopic (exact) mass is 470 g/mol. The van der Waals surface area contributed by atoms with Crippen molar-refractivity contribution in [2.24, 2.45) is 0 Å². The molecule has 1 aromatic carbocycles. The Hall–Kier alpha value is -1.14. The molecular weight excluding hydrogens is 432 g/mol. The summed E-state index contributed by atoms with van der Waals surface area (Å²) in [5, 5.41) is 20.4. The molecule has 188 valence electrons. The van der Waals surface area contributed by atoms with Crippen molar-refractivity contribution in [2.45, 2.75) is 82.0 Å². The molecule has 2 saturated heterocycles. The summed E-state index contributed by atoms with van der Waals surface area (Å²) < 4.78 is 42.3. The second kappa shape index (κ2) is 11.5. The molecule has 0 radical (unpaired) electrons. The Kier molecular flexibility index (Phi) is 9.24. The standard InChI is InChI=1S/C24H38O9/c1-6-7-13-29-18-15-30-22(16-11-9-8-10-12-16)31-20(18)21-19(17(26)14-25)32-23(2,27-4)24(3,28-5)33-21/h8-12,17-22,25-26H,6-7,13-15H2,1-5H3/t17-,18-,19+,20-,21-,22?,23?,24?/m1/s1. The number of ether oxygens (including phenoxy) is 7. The number of methoxy groups -OCH3 is 2. The highest BCUT2D eigenvalue weighted by molar-refractivity contribution is 5.16. The molecule has 2 heterocycles. The molecule has 9 nitrogen and oxygen atoms in total. The van der Waals surface area contributed by atoms with Crippen LogP contribution < -0.4 is 0 Å². The zero-order chi connectivity index (χ0) is 24.1. The van der Waals surface area contributed by atoms with E-state index in [1.54, 1.807) is 13.8 Å². The van der Waals surface area contributed by atoms with Crippen LogP contribution in [0.1, 0.15) is 45.5 Å². The molecule has 0 bridgehead atoms. The molecule has 2 aliphatic heterocycles. The highest BCUT2D eigenvalue weighted by atomic mass is 16.8. The third kappa shape index (κ3) is 5.58. The number of hydrogen-bond acceptors (Lipinski definition) is 9. The van der Waals surface area contributed by atoms with Gasteiger partial charge in [-0.05, 0) is 20.3 Å². The largest absolute Gasteiger partial charge is 0.394 e. The van der Waals surface area contributed by atoms with Crippen molar-refractivity contribution >= 4 is 0 Å². The van der Waals surface area contributed by atoms with E-state index in [0.29, 0.717) is 6.61 Å². The van der Waals surface area contributed by atoms with Gasteiger partial charge in [-0.15, -0.1) is 0 Å². The molecule has 2 N–H and O–H groups in total. The first-order chi connectivity index (χ1) is 15.8. The maximum absolute atomic E-state index is 10.7. The topological polar surface area (TPSA) is 105 Å². The lowest BCUT2D eigenvalue weighted by molar-refractivity contribution is -0.468. The smallest absolute Gasteiger partial charge is 0.220 e. The summed E-state index contributed by atoms with van der Waals surface area (Å²) in [6, 6.07) is 9.57. The van der Waals surface area contributed by atoms with Crippen molar-refractivity contribution in [3.8, 4) is 0 Å². The lowest BCUT2D eigenvalue weighted by atomic mass is 9.93. The summed E-state index contributed by atoms with van der Waals surface area (Å²) in [6.07, 6.45) is -3.01. The minimum atomic E-state index is -1.35. The van der Waals surface area contributed by atoms with Gasteiger partial charge in [0, 0.05) is 26.4 Å². The molecule has 8 atom stereocenters. The first kappa shape index (κ1) is 26.5. The van der Waals surface area contributed by atoms with Gasteiger partial charge in [-0.2, -0.15) is 0 Å². The fourth-order valence-electron chi connectivity index (χ4n) is 4.13. The highest BCUT2D eigenvalue weighted by Crippen LogP contribution is 2.43. The Morgan fingerprint density at radius 3 is 2.33 bits per heavy atom. The SMILES string of the molecule is CCCCO[C@@H]1COC(c2ccccc2)O[C@H]1[C@@H]1OC(C)(OC)C(C)(OC)O[C@H]1[C@H](O)CO. The quantitative estimate of drug-likeness (QED) is 0.498. The summed E-state index contributed by atoms with van der Waals surface area (Å²) in [6.45, 7) is 5.71. The zero-order valence-corrected chi connectivity index (χ0v) is 20.1. The lowest BCUT2D eigenvalue weighted by Gasteiger charge is -2.55. The average molecular weight is 471 g/mol. The minimum absolute atomic E-state index is 0.265. The van der Waals surface area contributed by atoms with Crippen LogP contribution in [0.2, 0.25) is 0 Å². The van der Waals surface area contributed by atoms with Crippen LogP contribution in [0, 0.1) is 0 Å². The number of aliphatic hydroxyl groups is 2. The zero-order valence-electron chi connectivity index (χ0n) is 20.1. The minimum Gasteiger partial charge on any atom is -0.394 e. The highest BCUT2D eigenvalue weighted by Gasteiger charge is 2.61. The van der Waals surface area contributed by atoms with Gasteiger partial charge in [0.15, 0.2) is 6.29 Å². The molecule has 2 aliphatic rings. The van der Waals surface area contributed by atoms with Crippen LogP contribution >= 0.6 is 0 Å². The first-order valence-electron chi connectivity index (χ1n) is 11.5. The molecule has 2 fully saturated rings. The van der Waals surface area contributed by atoms with Crippen LogP contribution in [0.15, 0.2) is 30.3 Å². The van der Waals surface area contributed by atoms with Crippen molar-refractivity contribution in [2.75, 3.05) is 34.0 Å². The van der Waals surface area contributed by atoms with Gasteiger partial charge in [-0.1, -0.05) is 43.7 Å². The van der Waals surface area contributed by atoms with Crippen molar-refractivity contribution < 1.29 is 43.4 Å². The Labute approximate surface area is 195 Å². The molecule has 0 aliphatic carbocycles. The summed E-state index contributed by atoms with van der Waals surface area (Å²) >= 11 is 0. The average Bonchev–Trinajstić information content (AvgIpc) is 2.85. The molecule has 0 aromatic heterocycles. The number of hydrogen-bond donors (Lipinski definition) is 2. The Morgan fingerprint density at radius 2 is 1.73 bits per heavy atom. The van der Waals surface area contributed by atoms with E-state index in [4.69, 9.17) is 33.2 Å². The summed E-state index contributed by atoms with van der Waals surface area (Å²) in [5.41, 5.74) is 0.849. The Morgan fingerprint density at radius 1 is 1.06 bits per heavy atom. The summed E-state index contributed by atoms with van der Waals surface area (Å²) in [7, 11) is 2.96. The molecule has 1 aromatic rings. The van der Waals surface area contributed by atoms with E-state index in [9.17, 15) is 10.2 Å². The molecule has 9 heteroatoms. The van der Waals surface area contributed by atoms with Crippen LogP contribution in [-0.2, 0) is 33.2 Å². The van der Waals surface area contributed by atoms with Crippen LogP contribution in [0.4, 0.5) is 0 Å². The molecule has 33 heavy (non-hydrogen) atoms. The third-order valence-corrected chi connectivity index (χ3v) is 6.50. The number of benzene rings is 1. The van der Waals surface area contributed by atoms with E-state index < -0.39 is 55.0 Å². The number of rotatable bonds is 10. The van der Waals surface area contributed by atoms with E-state index in [1.165, 1.54) is 14.2 Å². The van der Waals surface area contributed by atoms with Crippen LogP contribution in [0.25, 0.3) is 0 Å². The van der Waals surface area contributed by atoms with Gasteiger partial charge in [-0.3, -0.25) is 0 Å². The Bertz CT molecular complexity index is 719. The summed E-state index contributed by atoms with van der Waals surface area (Å²) in [4.78, 5) is 0. The molecular formula is C24H38O9. The van der Waals surface area contributed by atoms with Gasteiger partial charge in [0.25, 0.3) is 0 Å². The van der Waals surface area contributed by atoms with E-state index in [2.05, 4.69) is 6.92 Å². The van der Waals surface area contributed by atoms with Crippen molar-refractivity contribution in [3.63, 3.8) is 0 Å². The van der Waals surface area contributed by atoms with Gasteiger partial charge >= 0.3 is 0 Å². The second-order valence-corrected chi connectivity index (χ2v) is 8.65. The molecule has 0 spiro atoms. The van der Waals surface area contributed by atoms with Gasteiger partial charge < -0.3 is 43.4 Å². The van der Waals surface area contributed by atoms with E-state index in [-0.39, 0.29) is 6.61 Å². The van der Waals surface area contributed by atoms with E-state index in [0.717, 1.165) is 18.4 Å². The maximum atomic E-state index is 10.7. The van der Waals surface area contributed by atoms with Crippen LogP contribution in [0.3, 0.4) is 0 Å². The van der Waals surface area contributed by atoms with Crippen LogP contribution in [-0.4, -0.2) is 86.3 Å². The van der Waals surface area contributed by atoms with Crippen molar-refractivity contribution in [1.29, 1.82) is 0 Å². The van der Waals surface area contributed by atoms with E-state index in [1.807, 2.05) is 30.3 Å². The normalized spacial score (nSPS) is 38.2. The predicted molar refractivity (Wildman–Crippen MR) is 118 cm³/mol. The van der Waals surface area contributed by atoms with Gasteiger partial charge in [-0.25, -0.2) is 0 Å². The van der Waals surface area contributed by atoms with Crippen molar-refractivity contribution in [3.05, 3.63) is 35.9 Å². The molecule has 3 unspecified atom stereocenters. The maximum Gasteiger partial charge on any atom is 0.220 e.